The molecule has 0 spiro atoms. The first-order chi connectivity index (χ1) is 5.83. The van der Waals surface area contributed by atoms with Gasteiger partial charge >= 0.3 is 10.4 Å². The average molecular weight is 208 g/mol. The molecule has 0 saturated carbocycles. The second kappa shape index (κ2) is 3.55. The minimum atomic E-state index is -3.78. The third kappa shape index (κ3) is 2.42. The Kier molecular flexibility index (Phi) is 2.99. The van der Waals surface area contributed by atoms with Crippen molar-refractivity contribution in [1.82, 2.24) is 0 Å². The highest BCUT2D eigenvalue weighted by molar-refractivity contribution is 7.81. The van der Waals surface area contributed by atoms with Crippen LogP contribution in [0, 0.1) is 11.8 Å². The van der Waals surface area contributed by atoms with Crippen molar-refractivity contribution in [3.63, 3.8) is 0 Å². The standard InChI is InChI=1S/C8H16O4S/c1-5-6(2)8(4)12-13(9,10)11-7(5)3/h5-8H,1-4H3. The molecule has 0 amide bonds. The van der Waals surface area contributed by atoms with Crippen molar-refractivity contribution in [2.24, 2.45) is 11.8 Å². The summed E-state index contributed by atoms with van der Waals surface area (Å²) in [5.74, 6) is 0.347. The molecule has 0 aromatic heterocycles. The van der Waals surface area contributed by atoms with Crippen LogP contribution in [0.15, 0.2) is 0 Å². The molecule has 0 aliphatic carbocycles. The van der Waals surface area contributed by atoms with E-state index in [1.165, 1.54) is 0 Å². The van der Waals surface area contributed by atoms with Crippen molar-refractivity contribution >= 4 is 10.4 Å². The van der Waals surface area contributed by atoms with Gasteiger partial charge in [0, 0.05) is 0 Å². The van der Waals surface area contributed by atoms with Gasteiger partial charge in [0.15, 0.2) is 0 Å². The molecule has 0 aromatic carbocycles. The van der Waals surface area contributed by atoms with Crippen LogP contribution in [0.4, 0.5) is 0 Å². The Bertz CT molecular complexity index is 250. The lowest BCUT2D eigenvalue weighted by Crippen LogP contribution is -2.26. The van der Waals surface area contributed by atoms with Gasteiger partial charge in [-0.25, -0.2) is 8.37 Å². The van der Waals surface area contributed by atoms with Crippen molar-refractivity contribution in [2.75, 3.05) is 0 Å². The average Bonchev–Trinajstić information content (AvgIpc) is 2.03. The van der Waals surface area contributed by atoms with E-state index in [0.717, 1.165) is 0 Å². The molecule has 0 bridgehead atoms. The second-order valence-electron chi connectivity index (χ2n) is 3.73. The van der Waals surface area contributed by atoms with Gasteiger partial charge in [-0.1, -0.05) is 13.8 Å². The summed E-state index contributed by atoms with van der Waals surface area (Å²) in [5.41, 5.74) is 0. The van der Waals surface area contributed by atoms with Crippen LogP contribution in [0.2, 0.25) is 0 Å². The molecule has 1 rings (SSSR count). The van der Waals surface area contributed by atoms with Crippen molar-refractivity contribution < 1.29 is 16.8 Å². The molecule has 1 aliphatic rings. The fourth-order valence-electron chi connectivity index (χ4n) is 1.42. The highest BCUT2D eigenvalue weighted by Crippen LogP contribution is 2.28. The first-order valence-electron chi connectivity index (χ1n) is 4.45. The zero-order chi connectivity index (χ0) is 10.2. The summed E-state index contributed by atoms with van der Waals surface area (Å²) in [7, 11) is -3.78. The highest BCUT2D eigenvalue weighted by atomic mass is 32.3. The lowest BCUT2D eigenvalue weighted by atomic mass is 9.88. The van der Waals surface area contributed by atoms with Crippen molar-refractivity contribution in [2.45, 2.75) is 39.9 Å². The van der Waals surface area contributed by atoms with E-state index in [1.807, 2.05) is 13.8 Å². The van der Waals surface area contributed by atoms with E-state index in [0.29, 0.717) is 0 Å². The third-order valence-electron chi connectivity index (χ3n) is 2.85. The van der Waals surface area contributed by atoms with Crippen molar-refractivity contribution in [1.29, 1.82) is 0 Å². The molecular formula is C8H16O4S. The van der Waals surface area contributed by atoms with Crippen LogP contribution in [0.5, 0.6) is 0 Å². The van der Waals surface area contributed by atoms with Gasteiger partial charge in [-0.05, 0) is 25.7 Å². The zero-order valence-electron chi connectivity index (χ0n) is 8.35. The first-order valence-corrected chi connectivity index (χ1v) is 5.78. The van der Waals surface area contributed by atoms with E-state index < -0.39 is 10.4 Å². The van der Waals surface area contributed by atoms with Crippen molar-refractivity contribution in [3.05, 3.63) is 0 Å². The van der Waals surface area contributed by atoms with Gasteiger partial charge in [0.2, 0.25) is 0 Å². The summed E-state index contributed by atoms with van der Waals surface area (Å²) in [6.45, 7) is 7.44. The minimum Gasteiger partial charge on any atom is -0.245 e. The van der Waals surface area contributed by atoms with Crippen LogP contribution in [-0.2, 0) is 18.8 Å². The molecule has 1 saturated heterocycles. The molecule has 4 unspecified atom stereocenters. The van der Waals surface area contributed by atoms with Crippen LogP contribution >= 0.6 is 0 Å². The predicted molar refractivity (Wildman–Crippen MR) is 48.3 cm³/mol. The molecule has 1 heterocycles. The summed E-state index contributed by atoms with van der Waals surface area (Å²) in [5, 5.41) is 0. The van der Waals surface area contributed by atoms with E-state index >= 15 is 0 Å². The lowest BCUT2D eigenvalue weighted by Gasteiger charge is -2.22. The zero-order valence-corrected chi connectivity index (χ0v) is 9.17. The maximum Gasteiger partial charge on any atom is 0.400 e. The Morgan fingerprint density at radius 3 is 1.46 bits per heavy atom. The van der Waals surface area contributed by atoms with Crippen LogP contribution in [0.1, 0.15) is 27.7 Å². The Morgan fingerprint density at radius 1 is 0.846 bits per heavy atom. The van der Waals surface area contributed by atoms with E-state index in [-0.39, 0.29) is 24.0 Å². The third-order valence-corrected chi connectivity index (χ3v) is 3.93. The summed E-state index contributed by atoms with van der Waals surface area (Å²) < 4.78 is 31.9. The van der Waals surface area contributed by atoms with Crippen LogP contribution in [-0.4, -0.2) is 20.6 Å². The molecule has 0 radical (unpaired) electrons. The van der Waals surface area contributed by atoms with Crippen molar-refractivity contribution in [3.8, 4) is 0 Å². The molecule has 1 aliphatic heterocycles. The predicted octanol–water partition coefficient (Wildman–Crippen LogP) is 1.33. The van der Waals surface area contributed by atoms with Gasteiger partial charge in [-0.3, -0.25) is 0 Å². The molecular weight excluding hydrogens is 192 g/mol. The Hall–Kier alpha value is -0.130. The van der Waals surface area contributed by atoms with E-state index in [9.17, 15) is 8.42 Å². The summed E-state index contributed by atoms with van der Waals surface area (Å²) in [6, 6.07) is 0. The molecule has 13 heavy (non-hydrogen) atoms. The lowest BCUT2D eigenvalue weighted by molar-refractivity contribution is 0.131. The highest BCUT2D eigenvalue weighted by Gasteiger charge is 2.35. The van der Waals surface area contributed by atoms with E-state index in [1.54, 1.807) is 13.8 Å². The van der Waals surface area contributed by atoms with Gasteiger partial charge in [0.1, 0.15) is 0 Å². The van der Waals surface area contributed by atoms with E-state index in [2.05, 4.69) is 0 Å². The molecule has 0 N–H and O–H groups in total. The molecule has 4 atom stereocenters. The first kappa shape index (κ1) is 10.9. The monoisotopic (exact) mass is 208 g/mol. The fraction of sp³-hybridized carbons (Fsp3) is 1.00. The van der Waals surface area contributed by atoms with Gasteiger partial charge in [-0.2, -0.15) is 8.42 Å². The molecule has 0 aromatic rings. The molecule has 1 fully saturated rings. The molecule has 78 valence electrons. The fourth-order valence-corrected chi connectivity index (χ4v) is 2.56. The smallest absolute Gasteiger partial charge is 0.245 e. The molecule has 4 nitrogen and oxygen atoms in total. The largest absolute Gasteiger partial charge is 0.400 e. The SMILES string of the molecule is CC1OS(=O)(=O)OC(C)C(C)C1C. The number of hydrogen-bond acceptors (Lipinski definition) is 4. The second-order valence-corrected chi connectivity index (χ2v) is 4.93. The van der Waals surface area contributed by atoms with Crippen LogP contribution < -0.4 is 0 Å². The topological polar surface area (TPSA) is 52.6 Å². The Balaban J connectivity index is 2.92. The van der Waals surface area contributed by atoms with Gasteiger partial charge in [0.05, 0.1) is 12.2 Å². The van der Waals surface area contributed by atoms with Gasteiger partial charge in [-0.15, -0.1) is 0 Å². The van der Waals surface area contributed by atoms with Gasteiger partial charge < -0.3 is 0 Å². The van der Waals surface area contributed by atoms with E-state index in [4.69, 9.17) is 8.37 Å². The minimum absolute atomic E-state index is 0.173. The number of hydrogen-bond donors (Lipinski definition) is 0. The maximum absolute atomic E-state index is 11.1. The van der Waals surface area contributed by atoms with Crippen LogP contribution in [0.25, 0.3) is 0 Å². The molecule has 5 heteroatoms. The quantitative estimate of drug-likeness (QED) is 0.602. The summed E-state index contributed by atoms with van der Waals surface area (Å²) in [6.07, 6.45) is -0.630. The summed E-state index contributed by atoms with van der Waals surface area (Å²) >= 11 is 0. The number of rotatable bonds is 0. The van der Waals surface area contributed by atoms with Crippen LogP contribution in [0.3, 0.4) is 0 Å². The Labute approximate surface area is 79.6 Å². The summed E-state index contributed by atoms with van der Waals surface area (Å²) in [4.78, 5) is 0. The van der Waals surface area contributed by atoms with Gasteiger partial charge in [0.25, 0.3) is 0 Å². The maximum atomic E-state index is 11.1. The Morgan fingerprint density at radius 2 is 1.15 bits per heavy atom. The normalized spacial score (nSPS) is 45.5.